The Morgan fingerprint density at radius 3 is 2.45 bits per heavy atom. The second kappa shape index (κ2) is 5.50. The van der Waals surface area contributed by atoms with Crippen molar-refractivity contribution in [2.45, 2.75) is 45.7 Å². The largest absolute Gasteiger partial charge is 0.464 e. The van der Waals surface area contributed by atoms with Crippen molar-refractivity contribution in [3.8, 4) is 0 Å². The van der Waals surface area contributed by atoms with Crippen LogP contribution >= 0.6 is 0 Å². The van der Waals surface area contributed by atoms with Gasteiger partial charge in [-0.05, 0) is 38.3 Å². The molecule has 1 aromatic rings. The molecule has 114 valence electrons. The first-order chi connectivity index (χ1) is 9.23. The first kappa shape index (κ1) is 15.5. The molecule has 0 N–H and O–H groups in total. The van der Waals surface area contributed by atoms with Crippen LogP contribution in [-0.2, 0) is 16.8 Å². The molecule has 2 atom stereocenters. The lowest BCUT2D eigenvalue weighted by Gasteiger charge is -2.26. The van der Waals surface area contributed by atoms with Crippen LogP contribution < -0.4 is 0 Å². The van der Waals surface area contributed by atoms with E-state index in [1.54, 1.807) is 14.1 Å². The van der Waals surface area contributed by atoms with Crippen LogP contribution in [0.4, 0.5) is 0 Å². The van der Waals surface area contributed by atoms with Crippen LogP contribution in [0.3, 0.4) is 0 Å². The van der Waals surface area contributed by atoms with Gasteiger partial charge in [-0.3, -0.25) is 0 Å². The maximum Gasteiger partial charge on any atom is 0.282 e. The van der Waals surface area contributed by atoms with Gasteiger partial charge in [0.05, 0.1) is 6.54 Å². The molecule has 0 spiro atoms. The highest BCUT2D eigenvalue weighted by Crippen LogP contribution is 2.47. The molecule has 1 heterocycles. The lowest BCUT2D eigenvalue weighted by Crippen LogP contribution is -2.42. The summed E-state index contributed by atoms with van der Waals surface area (Å²) in [7, 11) is -0.263. The zero-order chi connectivity index (χ0) is 15.1. The first-order valence-corrected chi connectivity index (χ1v) is 8.41. The van der Waals surface area contributed by atoms with Gasteiger partial charge >= 0.3 is 0 Å². The van der Waals surface area contributed by atoms with Gasteiger partial charge in [-0.15, -0.1) is 0 Å². The summed E-state index contributed by atoms with van der Waals surface area (Å²) in [6.45, 7) is 6.16. The monoisotopic (exact) mass is 300 g/mol. The molecule has 5 nitrogen and oxygen atoms in total. The van der Waals surface area contributed by atoms with Crippen LogP contribution in [-0.4, -0.2) is 37.2 Å². The summed E-state index contributed by atoms with van der Waals surface area (Å²) in [6, 6.07) is 3.78. The van der Waals surface area contributed by atoms with Gasteiger partial charge in [0.15, 0.2) is 0 Å². The van der Waals surface area contributed by atoms with Crippen LogP contribution in [0.1, 0.15) is 44.6 Å². The van der Waals surface area contributed by atoms with Crippen LogP contribution in [0.25, 0.3) is 0 Å². The number of hydrogen-bond donors (Lipinski definition) is 0. The van der Waals surface area contributed by atoms with Crippen molar-refractivity contribution in [3.05, 3.63) is 23.7 Å². The summed E-state index contributed by atoms with van der Waals surface area (Å²) >= 11 is 0. The van der Waals surface area contributed by atoms with Crippen molar-refractivity contribution in [2.75, 3.05) is 14.1 Å². The van der Waals surface area contributed by atoms with Crippen LogP contribution in [0.5, 0.6) is 0 Å². The molecular weight excluding hydrogens is 276 g/mol. The zero-order valence-electron chi connectivity index (χ0n) is 12.8. The van der Waals surface area contributed by atoms with E-state index >= 15 is 0 Å². The highest BCUT2D eigenvalue weighted by atomic mass is 32.2. The van der Waals surface area contributed by atoms with E-state index in [1.807, 2.05) is 26.0 Å². The minimum Gasteiger partial charge on any atom is -0.464 e. The third-order valence-electron chi connectivity index (χ3n) is 4.02. The van der Waals surface area contributed by atoms with Crippen LogP contribution in [0.2, 0.25) is 0 Å². The fourth-order valence-electron chi connectivity index (χ4n) is 2.18. The lowest BCUT2D eigenvalue weighted by molar-refractivity contribution is 0.336. The van der Waals surface area contributed by atoms with Gasteiger partial charge in [0.2, 0.25) is 0 Å². The topological polar surface area (TPSA) is 53.8 Å². The molecule has 0 amide bonds. The molecule has 1 aromatic heterocycles. The average molecular weight is 300 g/mol. The standard InChI is InChI=1S/C14H24N2O3S/c1-10(2)16(5)20(17,18)15(4)9-12-6-7-14(19-12)13-8-11(13)3/h6-7,10-11,13H,8-9H2,1-5H3. The van der Waals surface area contributed by atoms with Crippen molar-refractivity contribution in [3.63, 3.8) is 0 Å². The SMILES string of the molecule is CC1CC1c1ccc(CN(C)S(=O)(=O)N(C)C(C)C)o1. The number of hydrogen-bond acceptors (Lipinski definition) is 3. The maximum absolute atomic E-state index is 12.3. The van der Waals surface area contributed by atoms with E-state index in [1.165, 1.54) is 8.61 Å². The number of nitrogens with zero attached hydrogens (tertiary/aromatic N) is 2. The maximum atomic E-state index is 12.3. The Hall–Kier alpha value is -0.850. The van der Waals surface area contributed by atoms with Gasteiger partial charge in [-0.2, -0.15) is 17.0 Å². The van der Waals surface area contributed by atoms with Crippen molar-refractivity contribution in [2.24, 2.45) is 5.92 Å². The fourth-order valence-corrected chi connectivity index (χ4v) is 3.45. The fraction of sp³-hybridized carbons (Fsp3) is 0.714. The van der Waals surface area contributed by atoms with E-state index in [0.717, 1.165) is 12.2 Å². The summed E-state index contributed by atoms with van der Waals surface area (Å²) in [5.74, 6) is 2.88. The molecule has 0 saturated heterocycles. The quantitative estimate of drug-likeness (QED) is 0.810. The predicted molar refractivity (Wildman–Crippen MR) is 78.5 cm³/mol. The summed E-state index contributed by atoms with van der Waals surface area (Å²) in [6.07, 6.45) is 1.16. The molecule has 2 unspecified atom stereocenters. The molecule has 6 heteroatoms. The molecule has 2 rings (SSSR count). The third-order valence-corrected chi connectivity index (χ3v) is 6.09. The molecule has 0 aliphatic heterocycles. The summed E-state index contributed by atoms with van der Waals surface area (Å²) in [4.78, 5) is 0. The Kier molecular flexibility index (Phi) is 4.27. The average Bonchev–Trinajstić information content (AvgIpc) is 2.91. The van der Waals surface area contributed by atoms with Gasteiger partial charge in [0.25, 0.3) is 10.2 Å². The molecule has 0 radical (unpaired) electrons. The van der Waals surface area contributed by atoms with E-state index in [0.29, 0.717) is 17.6 Å². The molecule has 20 heavy (non-hydrogen) atoms. The van der Waals surface area contributed by atoms with Crippen LogP contribution in [0, 0.1) is 5.92 Å². The van der Waals surface area contributed by atoms with Gasteiger partial charge in [-0.25, -0.2) is 0 Å². The van der Waals surface area contributed by atoms with Gasteiger partial charge in [0.1, 0.15) is 11.5 Å². The van der Waals surface area contributed by atoms with E-state index in [2.05, 4.69) is 6.92 Å². The Labute approximate surface area is 121 Å². The van der Waals surface area contributed by atoms with E-state index in [4.69, 9.17) is 4.42 Å². The minimum atomic E-state index is -3.44. The smallest absolute Gasteiger partial charge is 0.282 e. The zero-order valence-corrected chi connectivity index (χ0v) is 13.6. The minimum absolute atomic E-state index is 0.0677. The van der Waals surface area contributed by atoms with Crippen LogP contribution in [0.15, 0.2) is 16.5 Å². The molecule has 1 aliphatic rings. The molecule has 0 aromatic carbocycles. The highest BCUT2D eigenvalue weighted by molar-refractivity contribution is 7.86. The van der Waals surface area contributed by atoms with Gasteiger partial charge in [-0.1, -0.05) is 6.92 Å². The molecule has 0 bridgehead atoms. The summed E-state index contributed by atoms with van der Waals surface area (Å²) in [5, 5.41) is 0. The van der Waals surface area contributed by atoms with Gasteiger partial charge < -0.3 is 4.42 Å². The Balaban J connectivity index is 2.04. The molecule has 1 saturated carbocycles. The second-order valence-corrected chi connectivity index (χ2v) is 8.09. The van der Waals surface area contributed by atoms with Crippen molar-refractivity contribution >= 4 is 10.2 Å². The Morgan fingerprint density at radius 1 is 1.35 bits per heavy atom. The predicted octanol–water partition coefficient (Wildman–Crippen LogP) is 2.42. The molecule has 1 fully saturated rings. The molecular formula is C14H24N2O3S. The number of furan rings is 1. The lowest BCUT2D eigenvalue weighted by atomic mass is 10.3. The third kappa shape index (κ3) is 3.07. The van der Waals surface area contributed by atoms with E-state index in [-0.39, 0.29) is 12.6 Å². The van der Waals surface area contributed by atoms with Crippen molar-refractivity contribution in [1.82, 2.24) is 8.61 Å². The summed E-state index contributed by atoms with van der Waals surface area (Å²) < 4.78 is 33.0. The van der Waals surface area contributed by atoms with E-state index in [9.17, 15) is 8.42 Å². The van der Waals surface area contributed by atoms with Gasteiger partial charge in [0, 0.05) is 26.1 Å². The van der Waals surface area contributed by atoms with Crippen molar-refractivity contribution < 1.29 is 12.8 Å². The Bertz CT molecular complexity index is 565. The van der Waals surface area contributed by atoms with Crippen molar-refractivity contribution in [1.29, 1.82) is 0 Å². The normalized spacial score (nSPS) is 23.0. The number of rotatable bonds is 6. The molecule has 1 aliphatic carbocycles. The van der Waals surface area contributed by atoms with E-state index < -0.39 is 10.2 Å². The summed E-state index contributed by atoms with van der Waals surface area (Å²) in [5.41, 5.74) is 0. The first-order valence-electron chi connectivity index (χ1n) is 7.01. The highest BCUT2D eigenvalue weighted by Gasteiger charge is 2.36. The Morgan fingerprint density at radius 2 is 1.95 bits per heavy atom. The second-order valence-electron chi connectivity index (χ2n) is 6.00.